The highest BCUT2D eigenvalue weighted by Gasteiger charge is 2.36. The van der Waals surface area contributed by atoms with E-state index in [1.807, 2.05) is 0 Å². The highest BCUT2D eigenvalue weighted by atomic mass is 79.9. The van der Waals surface area contributed by atoms with Gasteiger partial charge in [0.2, 0.25) is 0 Å². The van der Waals surface area contributed by atoms with E-state index in [1.165, 1.54) is 19.1 Å². The fraction of sp³-hybridized carbons (Fsp3) is 0.133. The molecule has 0 aromatic heterocycles. The van der Waals surface area contributed by atoms with Crippen molar-refractivity contribution in [3.8, 4) is 11.5 Å². The Kier molecular flexibility index (Phi) is 4.09. The van der Waals surface area contributed by atoms with Crippen LogP contribution >= 0.6 is 15.9 Å². The lowest BCUT2D eigenvalue weighted by Gasteiger charge is -2.28. The molecule has 0 amide bonds. The molecule has 4 N–H and O–H groups in total. The molecule has 1 atom stereocenters. The van der Waals surface area contributed by atoms with E-state index in [0.29, 0.717) is 5.69 Å². The van der Waals surface area contributed by atoms with Crippen molar-refractivity contribution < 1.29 is 20.1 Å². The number of anilines is 1. The molecule has 2 rings (SSSR count). The second-order valence-electron chi connectivity index (χ2n) is 4.80. The summed E-state index contributed by atoms with van der Waals surface area (Å²) in [5.74, 6) is -1.53. The van der Waals surface area contributed by atoms with Gasteiger partial charge in [-0.25, -0.2) is 4.79 Å². The summed E-state index contributed by atoms with van der Waals surface area (Å²) in [4.78, 5) is 11.7. The molecule has 110 valence electrons. The molecule has 0 fully saturated rings. The molecule has 0 heterocycles. The minimum absolute atomic E-state index is 0.199. The van der Waals surface area contributed by atoms with Gasteiger partial charge in [0.25, 0.3) is 0 Å². The monoisotopic (exact) mass is 351 g/mol. The summed E-state index contributed by atoms with van der Waals surface area (Å²) in [6.07, 6.45) is 0. The number of halogens is 1. The third-order valence-electron chi connectivity index (χ3n) is 3.15. The van der Waals surface area contributed by atoms with Crippen molar-refractivity contribution in [1.82, 2.24) is 0 Å². The Morgan fingerprint density at radius 2 is 1.62 bits per heavy atom. The van der Waals surface area contributed by atoms with Gasteiger partial charge < -0.3 is 20.6 Å². The van der Waals surface area contributed by atoms with Crippen molar-refractivity contribution in [3.05, 3.63) is 52.5 Å². The summed E-state index contributed by atoms with van der Waals surface area (Å²) in [6.45, 7) is 1.46. The van der Waals surface area contributed by atoms with Gasteiger partial charge in [-0.15, -0.1) is 0 Å². The summed E-state index contributed by atoms with van der Waals surface area (Å²) in [7, 11) is 0. The van der Waals surface area contributed by atoms with E-state index in [9.17, 15) is 20.1 Å². The number of nitrogens with one attached hydrogen (secondary N) is 1. The van der Waals surface area contributed by atoms with Crippen LogP contribution in [0.3, 0.4) is 0 Å². The van der Waals surface area contributed by atoms with E-state index in [0.717, 1.165) is 10.5 Å². The number of carboxylic acid groups (broad SMARTS) is 1. The summed E-state index contributed by atoms with van der Waals surface area (Å²) in [5, 5.41) is 31.6. The lowest BCUT2D eigenvalue weighted by molar-refractivity contribution is -0.142. The molecule has 0 saturated carbocycles. The van der Waals surface area contributed by atoms with Gasteiger partial charge in [-0.05, 0) is 48.9 Å². The molecule has 1 unspecified atom stereocenters. The molecule has 21 heavy (non-hydrogen) atoms. The van der Waals surface area contributed by atoms with Gasteiger partial charge in [0.1, 0.15) is 11.5 Å². The molecule has 0 aliphatic heterocycles. The van der Waals surface area contributed by atoms with Crippen molar-refractivity contribution in [2.24, 2.45) is 0 Å². The summed E-state index contributed by atoms with van der Waals surface area (Å²) in [5.41, 5.74) is -0.648. The van der Waals surface area contributed by atoms with Crippen LogP contribution in [0.4, 0.5) is 5.69 Å². The van der Waals surface area contributed by atoms with Gasteiger partial charge >= 0.3 is 5.97 Å². The molecule has 0 bridgehead atoms. The van der Waals surface area contributed by atoms with Crippen LogP contribution in [-0.2, 0) is 10.3 Å². The predicted molar refractivity (Wildman–Crippen MR) is 82.5 cm³/mol. The number of aromatic hydroxyl groups is 2. The number of carboxylic acids is 1. The second kappa shape index (κ2) is 5.65. The van der Waals surface area contributed by atoms with Gasteiger partial charge in [-0.1, -0.05) is 15.9 Å². The number of phenolic OH excluding ortho intramolecular Hbond substituents is 2. The zero-order valence-corrected chi connectivity index (χ0v) is 12.8. The first-order valence-corrected chi connectivity index (χ1v) is 6.91. The highest BCUT2D eigenvalue weighted by Crippen LogP contribution is 2.32. The maximum Gasteiger partial charge on any atom is 0.333 e. The second-order valence-corrected chi connectivity index (χ2v) is 5.72. The predicted octanol–water partition coefficient (Wildman–Crippen LogP) is 3.27. The minimum atomic E-state index is -1.50. The van der Waals surface area contributed by atoms with E-state index in [1.54, 1.807) is 24.3 Å². The Labute approximate surface area is 130 Å². The topological polar surface area (TPSA) is 89.8 Å². The van der Waals surface area contributed by atoms with E-state index >= 15 is 0 Å². The third-order valence-corrected chi connectivity index (χ3v) is 3.67. The first-order valence-electron chi connectivity index (χ1n) is 6.12. The molecule has 0 aliphatic carbocycles. The Bertz CT molecular complexity index is 652. The lowest BCUT2D eigenvalue weighted by Crippen LogP contribution is -2.40. The number of benzene rings is 2. The van der Waals surface area contributed by atoms with Crippen molar-refractivity contribution >= 4 is 27.6 Å². The van der Waals surface area contributed by atoms with Crippen LogP contribution in [0.2, 0.25) is 0 Å². The average Bonchev–Trinajstić information content (AvgIpc) is 2.40. The molecule has 5 nitrogen and oxygen atoms in total. The molecular weight excluding hydrogens is 338 g/mol. The quantitative estimate of drug-likeness (QED) is 0.678. The fourth-order valence-corrected chi connectivity index (χ4v) is 2.22. The normalized spacial score (nSPS) is 13.4. The third kappa shape index (κ3) is 3.28. The van der Waals surface area contributed by atoms with Gasteiger partial charge in [0.05, 0.1) is 0 Å². The highest BCUT2D eigenvalue weighted by molar-refractivity contribution is 9.10. The van der Waals surface area contributed by atoms with Gasteiger partial charge in [-0.3, -0.25) is 0 Å². The average molecular weight is 352 g/mol. The van der Waals surface area contributed by atoms with Crippen LogP contribution in [0.15, 0.2) is 46.9 Å². The minimum Gasteiger partial charge on any atom is -0.508 e. The Morgan fingerprint density at radius 1 is 1.10 bits per heavy atom. The first kappa shape index (κ1) is 15.2. The molecular formula is C15H14BrNO4. The van der Waals surface area contributed by atoms with E-state index < -0.39 is 11.5 Å². The van der Waals surface area contributed by atoms with Gasteiger partial charge in [0.15, 0.2) is 5.54 Å². The number of hydrogen-bond acceptors (Lipinski definition) is 4. The van der Waals surface area contributed by atoms with Crippen LogP contribution in [0, 0.1) is 0 Å². The number of aliphatic carboxylic acids is 1. The molecule has 0 spiro atoms. The SMILES string of the molecule is CC(Nc1ccc(Br)cc1)(C(=O)O)c1cc(O)cc(O)c1. The first-order chi connectivity index (χ1) is 9.81. The molecule has 0 aliphatic rings. The lowest BCUT2D eigenvalue weighted by atomic mass is 9.91. The van der Waals surface area contributed by atoms with Gasteiger partial charge in [0, 0.05) is 16.2 Å². The smallest absolute Gasteiger partial charge is 0.333 e. The maximum atomic E-state index is 11.7. The van der Waals surface area contributed by atoms with Crippen LogP contribution in [-0.4, -0.2) is 21.3 Å². The Balaban J connectivity index is 2.44. The van der Waals surface area contributed by atoms with E-state index in [4.69, 9.17) is 0 Å². The van der Waals surface area contributed by atoms with Crippen LogP contribution in [0.5, 0.6) is 11.5 Å². The number of carbonyl (C=O) groups is 1. The van der Waals surface area contributed by atoms with Crippen molar-refractivity contribution in [3.63, 3.8) is 0 Å². The van der Waals surface area contributed by atoms with Crippen molar-refractivity contribution in [2.45, 2.75) is 12.5 Å². The van der Waals surface area contributed by atoms with Crippen molar-refractivity contribution in [2.75, 3.05) is 5.32 Å². The zero-order chi connectivity index (χ0) is 15.6. The number of phenols is 2. The van der Waals surface area contributed by atoms with Crippen LogP contribution in [0.25, 0.3) is 0 Å². The molecule has 0 radical (unpaired) electrons. The molecule has 0 saturated heterocycles. The maximum absolute atomic E-state index is 11.7. The summed E-state index contributed by atoms with van der Waals surface area (Å²) in [6, 6.07) is 10.8. The number of rotatable bonds is 4. The molecule has 2 aromatic carbocycles. The van der Waals surface area contributed by atoms with Gasteiger partial charge in [-0.2, -0.15) is 0 Å². The standard InChI is InChI=1S/C15H14BrNO4/c1-15(14(20)21,9-6-12(18)8-13(19)7-9)17-11-4-2-10(16)3-5-11/h2-8,17-19H,1H3,(H,20,21). The van der Waals surface area contributed by atoms with Crippen molar-refractivity contribution in [1.29, 1.82) is 0 Å². The summed E-state index contributed by atoms with van der Waals surface area (Å²) < 4.78 is 0.875. The summed E-state index contributed by atoms with van der Waals surface area (Å²) >= 11 is 3.31. The van der Waals surface area contributed by atoms with Crippen LogP contribution < -0.4 is 5.32 Å². The zero-order valence-electron chi connectivity index (χ0n) is 11.2. The Hall–Kier alpha value is -2.21. The largest absolute Gasteiger partial charge is 0.508 e. The number of hydrogen-bond donors (Lipinski definition) is 4. The molecule has 6 heteroatoms. The van der Waals surface area contributed by atoms with E-state index in [2.05, 4.69) is 21.2 Å². The van der Waals surface area contributed by atoms with E-state index in [-0.39, 0.29) is 17.1 Å². The Morgan fingerprint density at radius 3 is 2.10 bits per heavy atom. The van der Waals surface area contributed by atoms with Crippen LogP contribution in [0.1, 0.15) is 12.5 Å². The molecule has 2 aromatic rings. The fourth-order valence-electron chi connectivity index (χ4n) is 1.95.